The van der Waals surface area contributed by atoms with Crippen molar-refractivity contribution in [1.29, 1.82) is 0 Å². The van der Waals surface area contributed by atoms with Crippen LogP contribution < -0.4 is 10.1 Å². The summed E-state index contributed by atoms with van der Waals surface area (Å²) < 4.78 is 5.66. The van der Waals surface area contributed by atoms with Crippen LogP contribution in [0.4, 0.5) is 5.69 Å². The highest BCUT2D eigenvalue weighted by Crippen LogP contribution is 2.35. The first-order valence-electron chi connectivity index (χ1n) is 7.61. The fraction of sp³-hybridized carbons (Fsp3) is 0.278. The van der Waals surface area contributed by atoms with Crippen LogP contribution >= 0.6 is 11.6 Å². The highest BCUT2D eigenvalue weighted by molar-refractivity contribution is 6.30. The molecule has 0 heterocycles. The van der Waals surface area contributed by atoms with Gasteiger partial charge in [0.05, 0.1) is 6.10 Å². The van der Waals surface area contributed by atoms with E-state index in [1.165, 1.54) is 0 Å². The fourth-order valence-corrected chi connectivity index (χ4v) is 2.92. The maximum atomic E-state index is 12.0. The monoisotopic (exact) mass is 331 g/mol. The van der Waals surface area contributed by atoms with Crippen molar-refractivity contribution in [1.82, 2.24) is 0 Å². The van der Waals surface area contributed by atoms with Gasteiger partial charge in [0.25, 0.3) is 5.91 Å². The zero-order valence-electron chi connectivity index (χ0n) is 12.6. The van der Waals surface area contributed by atoms with Gasteiger partial charge in [0, 0.05) is 10.7 Å². The van der Waals surface area contributed by atoms with Crippen molar-refractivity contribution in [3.8, 4) is 5.75 Å². The number of benzene rings is 2. The average Bonchev–Trinajstić information content (AvgIpc) is 2.55. The third-order valence-electron chi connectivity index (χ3n) is 3.92. The van der Waals surface area contributed by atoms with Gasteiger partial charge < -0.3 is 15.2 Å². The second-order valence-electron chi connectivity index (χ2n) is 5.58. The number of fused-ring (bicyclic) bond motifs is 1. The van der Waals surface area contributed by atoms with Gasteiger partial charge in [0.2, 0.25) is 0 Å². The molecule has 0 radical (unpaired) electrons. The molecule has 3 rings (SSSR count). The molecule has 1 atom stereocenters. The van der Waals surface area contributed by atoms with E-state index in [2.05, 4.69) is 5.32 Å². The van der Waals surface area contributed by atoms with Crippen LogP contribution in [0.15, 0.2) is 42.5 Å². The Morgan fingerprint density at radius 3 is 2.83 bits per heavy atom. The van der Waals surface area contributed by atoms with Crippen molar-refractivity contribution in [2.45, 2.75) is 25.4 Å². The predicted octanol–water partition coefficient (Wildman–Crippen LogP) is 3.73. The van der Waals surface area contributed by atoms with Crippen LogP contribution in [0, 0.1) is 0 Å². The molecule has 0 saturated carbocycles. The Balaban J connectivity index is 1.63. The summed E-state index contributed by atoms with van der Waals surface area (Å²) in [5.74, 6) is 0.439. The van der Waals surface area contributed by atoms with E-state index in [0.717, 1.165) is 30.4 Å². The zero-order valence-corrected chi connectivity index (χ0v) is 13.3. The van der Waals surface area contributed by atoms with Gasteiger partial charge in [-0.15, -0.1) is 0 Å². The summed E-state index contributed by atoms with van der Waals surface area (Å²) in [5, 5.41) is 13.4. The second kappa shape index (κ2) is 7.02. The molecule has 1 aliphatic carbocycles. The summed E-state index contributed by atoms with van der Waals surface area (Å²) in [6.07, 6.45) is 2.12. The van der Waals surface area contributed by atoms with Crippen LogP contribution in [0.3, 0.4) is 0 Å². The van der Waals surface area contributed by atoms with E-state index in [1.54, 1.807) is 24.3 Å². The molecule has 0 spiro atoms. The normalized spacial score (nSPS) is 16.5. The molecule has 4 nitrogen and oxygen atoms in total. The minimum Gasteiger partial charge on any atom is -0.483 e. The minimum absolute atomic E-state index is 0.0742. The first-order chi connectivity index (χ1) is 11.1. The first-order valence-corrected chi connectivity index (χ1v) is 7.99. The van der Waals surface area contributed by atoms with Gasteiger partial charge in [0.1, 0.15) is 5.75 Å². The number of amides is 1. The fourth-order valence-electron chi connectivity index (χ4n) is 2.80. The Morgan fingerprint density at radius 1 is 1.26 bits per heavy atom. The molecule has 1 aliphatic rings. The molecule has 1 amide bonds. The molecule has 0 aromatic heterocycles. The molecule has 0 bridgehead atoms. The molecule has 2 aromatic rings. The summed E-state index contributed by atoms with van der Waals surface area (Å²) >= 11 is 5.81. The molecule has 0 unspecified atom stereocenters. The number of ether oxygens (including phenoxy) is 1. The molecule has 0 fully saturated rings. The number of rotatable bonds is 4. The summed E-state index contributed by atoms with van der Waals surface area (Å²) in [4.78, 5) is 12.0. The Labute approximate surface area is 140 Å². The van der Waals surface area contributed by atoms with Crippen molar-refractivity contribution < 1.29 is 14.6 Å². The van der Waals surface area contributed by atoms with Crippen molar-refractivity contribution >= 4 is 23.2 Å². The summed E-state index contributed by atoms with van der Waals surface area (Å²) in [5.41, 5.74) is 2.59. The number of anilines is 1. The van der Waals surface area contributed by atoms with Crippen LogP contribution in [0.5, 0.6) is 5.75 Å². The summed E-state index contributed by atoms with van der Waals surface area (Å²) in [6, 6.07) is 12.5. The highest BCUT2D eigenvalue weighted by atomic mass is 35.5. The van der Waals surface area contributed by atoms with Gasteiger partial charge in [-0.2, -0.15) is 0 Å². The van der Waals surface area contributed by atoms with E-state index in [1.807, 2.05) is 18.2 Å². The molecule has 2 N–H and O–H groups in total. The quantitative estimate of drug-likeness (QED) is 0.897. The lowest BCUT2D eigenvalue weighted by Crippen LogP contribution is -2.21. The van der Waals surface area contributed by atoms with Gasteiger partial charge in [0.15, 0.2) is 6.61 Å². The molecule has 2 aromatic carbocycles. The molecule has 0 aliphatic heterocycles. The number of carbonyl (C=O) groups excluding carboxylic acids is 1. The maximum absolute atomic E-state index is 12.0. The predicted molar refractivity (Wildman–Crippen MR) is 89.9 cm³/mol. The topological polar surface area (TPSA) is 58.6 Å². The third-order valence-corrected chi connectivity index (χ3v) is 4.17. The van der Waals surface area contributed by atoms with Gasteiger partial charge in [-0.25, -0.2) is 0 Å². The van der Waals surface area contributed by atoms with Crippen molar-refractivity contribution in [2.75, 3.05) is 11.9 Å². The molecular weight excluding hydrogens is 314 g/mol. The minimum atomic E-state index is -0.440. The van der Waals surface area contributed by atoms with Crippen LogP contribution in [-0.2, 0) is 11.2 Å². The smallest absolute Gasteiger partial charge is 0.262 e. The van der Waals surface area contributed by atoms with Gasteiger partial charge >= 0.3 is 0 Å². The Kier molecular flexibility index (Phi) is 4.84. The van der Waals surface area contributed by atoms with E-state index >= 15 is 0 Å². The van der Waals surface area contributed by atoms with Gasteiger partial charge in [-0.05, 0) is 60.7 Å². The number of aliphatic hydroxyl groups is 1. The number of aliphatic hydroxyl groups excluding tert-OH is 1. The zero-order chi connectivity index (χ0) is 16.2. The van der Waals surface area contributed by atoms with E-state index < -0.39 is 6.10 Å². The van der Waals surface area contributed by atoms with Crippen molar-refractivity contribution in [3.05, 3.63) is 58.6 Å². The van der Waals surface area contributed by atoms with Crippen molar-refractivity contribution in [3.63, 3.8) is 0 Å². The van der Waals surface area contributed by atoms with Crippen LogP contribution in [0.2, 0.25) is 5.02 Å². The molecule has 120 valence electrons. The Morgan fingerprint density at radius 2 is 2.04 bits per heavy atom. The molecular formula is C18H18ClNO3. The third kappa shape index (κ3) is 3.84. The van der Waals surface area contributed by atoms with E-state index in [9.17, 15) is 9.90 Å². The molecule has 23 heavy (non-hydrogen) atoms. The number of hydrogen-bond acceptors (Lipinski definition) is 3. The van der Waals surface area contributed by atoms with E-state index in [0.29, 0.717) is 16.5 Å². The summed E-state index contributed by atoms with van der Waals surface area (Å²) in [7, 11) is 0. The van der Waals surface area contributed by atoms with E-state index in [-0.39, 0.29) is 12.5 Å². The number of halogens is 1. The lowest BCUT2D eigenvalue weighted by molar-refractivity contribution is -0.118. The average molecular weight is 332 g/mol. The SMILES string of the molecule is O=C(COc1cccc2c1CCC[C@H]2O)Nc1ccc(Cl)cc1. The maximum Gasteiger partial charge on any atom is 0.262 e. The molecule has 0 saturated heterocycles. The summed E-state index contributed by atoms with van der Waals surface area (Å²) in [6.45, 7) is -0.0742. The first kappa shape index (κ1) is 15.8. The number of hydrogen-bond donors (Lipinski definition) is 2. The van der Waals surface area contributed by atoms with Gasteiger partial charge in [-0.3, -0.25) is 4.79 Å². The second-order valence-corrected chi connectivity index (χ2v) is 6.01. The van der Waals surface area contributed by atoms with Crippen LogP contribution in [-0.4, -0.2) is 17.6 Å². The lowest BCUT2D eigenvalue weighted by atomic mass is 9.89. The van der Waals surface area contributed by atoms with Gasteiger partial charge in [-0.1, -0.05) is 23.7 Å². The number of carbonyl (C=O) groups is 1. The Hall–Kier alpha value is -2.04. The Bertz CT molecular complexity index is 700. The highest BCUT2D eigenvalue weighted by Gasteiger charge is 2.21. The number of nitrogens with one attached hydrogen (secondary N) is 1. The van der Waals surface area contributed by atoms with Crippen LogP contribution in [0.25, 0.3) is 0 Å². The van der Waals surface area contributed by atoms with E-state index in [4.69, 9.17) is 16.3 Å². The largest absolute Gasteiger partial charge is 0.483 e. The standard InChI is InChI=1S/C18H18ClNO3/c19-12-7-9-13(10-8-12)20-18(22)11-23-17-6-2-3-14-15(17)4-1-5-16(14)21/h2-3,6-10,16,21H,1,4-5,11H2,(H,20,22)/t16-/m1/s1. The molecule has 5 heteroatoms. The lowest BCUT2D eigenvalue weighted by Gasteiger charge is -2.23. The van der Waals surface area contributed by atoms with Crippen molar-refractivity contribution in [2.24, 2.45) is 0 Å². The van der Waals surface area contributed by atoms with Crippen LogP contribution in [0.1, 0.15) is 30.1 Å².